The van der Waals surface area contributed by atoms with Gasteiger partial charge in [-0.1, -0.05) is 78.9 Å². The van der Waals surface area contributed by atoms with Gasteiger partial charge in [-0.3, -0.25) is 9.52 Å². The Hall–Kier alpha value is -3.92. The van der Waals surface area contributed by atoms with Crippen LogP contribution in [0.1, 0.15) is 10.8 Å². The van der Waals surface area contributed by atoms with Crippen LogP contribution in [0.15, 0.2) is 130 Å². The van der Waals surface area contributed by atoms with Crippen LogP contribution in [0, 0.1) is 0 Å². The highest BCUT2D eigenvalue weighted by atomic mass is 32.2. The van der Waals surface area contributed by atoms with Gasteiger partial charge in [0.2, 0.25) is 5.91 Å². The lowest BCUT2D eigenvalue weighted by Gasteiger charge is -2.16. The molecule has 1 heterocycles. The van der Waals surface area contributed by atoms with E-state index in [-0.39, 0.29) is 10.8 Å². The van der Waals surface area contributed by atoms with Gasteiger partial charge >= 0.3 is 0 Å². The second kappa shape index (κ2) is 11.6. The molecule has 0 spiro atoms. The molecule has 0 radical (unpaired) electrons. The molecule has 0 bridgehead atoms. The quantitative estimate of drug-likeness (QED) is 0.189. The van der Waals surface area contributed by atoms with E-state index in [4.69, 9.17) is 0 Å². The monoisotopic (exact) mass is 557 g/mol. The molecule has 6 nitrogen and oxygen atoms in total. The predicted octanol–water partition coefficient (Wildman–Crippen LogP) is 7.08. The minimum atomic E-state index is -3.69. The molecule has 0 fully saturated rings. The molecule has 0 aliphatic rings. The second-order valence-corrected chi connectivity index (χ2v) is 12.0. The summed E-state index contributed by atoms with van der Waals surface area (Å²) in [5.41, 5.74) is 3.09. The van der Waals surface area contributed by atoms with E-state index in [0.29, 0.717) is 10.8 Å². The molecule has 38 heavy (non-hydrogen) atoms. The van der Waals surface area contributed by atoms with Crippen LogP contribution in [0.4, 0.5) is 10.8 Å². The SMILES string of the molecule is O=C(Nc1nc(-c2ccccc2)cs1)C(Sc1ccc(NS(=O)(=O)c2ccccc2)cc1)c1ccccc1. The van der Waals surface area contributed by atoms with Crippen molar-refractivity contribution in [3.8, 4) is 11.3 Å². The van der Waals surface area contributed by atoms with Crippen molar-refractivity contribution in [2.45, 2.75) is 15.0 Å². The summed E-state index contributed by atoms with van der Waals surface area (Å²) in [5.74, 6) is -0.191. The number of nitrogens with zero attached hydrogens (tertiary/aromatic N) is 1. The summed E-state index contributed by atoms with van der Waals surface area (Å²) in [4.78, 5) is 19.0. The van der Waals surface area contributed by atoms with Gasteiger partial charge in [0.15, 0.2) is 5.13 Å². The van der Waals surface area contributed by atoms with E-state index in [2.05, 4.69) is 15.0 Å². The van der Waals surface area contributed by atoms with Gasteiger partial charge in [-0.05, 0) is 42.0 Å². The van der Waals surface area contributed by atoms with E-state index in [0.717, 1.165) is 21.7 Å². The van der Waals surface area contributed by atoms with E-state index in [1.54, 1.807) is 54.6 Å². The lowest BCUT2D eigenvalue weighted by atomic mass is 10.1. The van der Waals surface area contributed by atoms with Crippen LogP contribution in [0.3, 0.4) is 0 Å². The Balaban J connectivity index is 1.32. The van der Waals surface area contributed by atoms with E-state index in [1.807, 2.05) is 66.0 Å². The zero-order valence-corrected chi connectivity index (χ0v) is 22.5. The van der Waals surface area contributed by atoms with Crippen molar-refractivity contribution in [2.75, 3.05) is 10.0 Å². The summed E-state index contributed by atoms with van der Waals surface area (Å²) in [6, 6.07) is 34.5. The standard InChI is InChI=1S/C29H23N3O3S3/c33-28(31-29-30-26(20-36-29)21-10-4-1-5-11-21)27(22-12-6-2-7-13-22)37-24-18-16-23(17-19-24)32-38(34,35)25-14-8-3-9-15-25/h1-20,27,32H,(H,30,31,33). The molecule has 1 unspecified atom stereocenters. The molecule has 9 heteroatoms. The first-order valence-corrected chi connectivity index (χ1v) is 14.9. The summed E-state index contributed by atoms with van der Waals surface area (Å²) in [7, 11) is -3.69. The van der Waals surface area contributed by atoms with Crippen LogP contribution >= 0.6 is 23.1 Å². The lowest BCUT2D eigenvalue weighted by molar-refractivity contribution is -0.115. The smallest absolute Gasteiger partial charge is 0.261 e. The lowest BCUT2D eigenvalue weighted by Crippen LogP contribution is -2.19. The Bertz CT molecular complexity index is 1610. The van der Waals surface area contributed by atoms with Crippen LogP contribution in [0.5, 0.6) is 0 Å². The number of amides is 1. The van der Waals surface area contributed by atoms with Crippen molar-refractivity contribution in [2.24, 2.45) is 0 Å². The van der Waals surface area contributed by atoms with Crippen molar-refractivity contribution in [1.82, 2.24) is 4.98 Å². The zero-order valence-electron chi connectivity index (χ0n) is 20.0. The fourth-order valence-electron chi connectivity index (χ4n) is 3.70. The summed E-state index contributed by atoms with van der Waals surface area (Å²) >= 11 is 2.76. The van der Waals surface area contributed by atoms with E-state index >= 15 is 0 Å². The number of benzene rings is 4. The number of nitrogens with one attached hydrogen (secondary N) is 2. The maximum Gasteiger partial charge on any atom is 0.261 e. The molecule has 0 saturated carbocycles. The second-order valence-electron chi connectivity index (χ2n) is 8.24. The minimum absolute atomic E-state index is 0.191. The van der Waals surface area contributed by atoms with Gasteiger partial charge in [0.25, 0.3) is 10.0 Å². The number of sulfonamides is 1. The van der Waals surface area contributed by atoms with Gasteiger partial charge in [-0.2, -0.15) is 0 Å². The molecular weight excluding hydrogens is 535 g/mol. The fraction of sp³-hybridized carbons (Fsp3) is 0.0345. The van der Waals surface area contributed by atoms with Crippen molar-refractivity contribution in [1.29, 1.82) is 0 Å². The molecule has 0 saturated heterocycles. The topological polar surface area (TPSA) is 88.2 Å². The van der Waals surface area contributed by atoms with Crippen LogP contribution in [-0.4, -0.2) is 19.3 Å². The number of thioether (sulfide) groups is 1. The third kappa shape index (κ3) is 6.31. The van der Waals surface area contributed by atoms with Crippen LogP contribution < -0.4 is 10.0 Å². The molecule has 0 aliphatic carbocycles. The van der Waals surface area contributed by atoms with Crippen molar-refractivity contribution >= 4 is 49.8 Å². The van der Waals surface area contributed by atoms with Crippen LogP contribution in [-0.2, 0) is 14.8 Å². The van der Waals surface area contributed by atoms with E-state index in [9.17, 15) is 13.2 Å². The Kier molecular flexibility index (Phi) is 7.88. The van der Waals surface area contributed by atoms with Crippen molar-refractivity contribution in [3.05, 3.63) is 126 Å². The van der Waals surface area contributed by atoms with Gasteiger partial charge in [0.05, 0.1) is 10.6 Å². The molecule has 2 N–H and O–H groups in total. The predicted molar refractivity (Wildman–Crippen MR) is 155 cm³/mol. The highest BCUT2D eigenvalue weighted by Crippen LogP contribution is 2.37. The number of aromatic nitrogens is 1. The molecular formula is C29H23N3O3S3. The average molecular weight is 558 g/mol. The third-order valence-corrected chi connectivity index (χ3v) is 8.98. The normalized spacial score (nSPS) is 12.0. The fourth-order valence-corrected chi connectivity index (χ4v) is 6.52. The number of hydrogen-bond acceptors (Lipinski definition) is 6. The Labute approximate surface area is 229 Å². The minimum Gasteiger partial charge on any atom is -0.301 e. The summed E-state index contributed by atoms with van der Waals surface area (Å²) in [6.45, 7) is 0. The highest BCUT2D eigenvalue weighted by molar-refractivity contribution is 8.00. The van der Waals surface area contributed by atoms with Gasteiger partial charge < -0.3 is 5.32 Å². The first-order valence-electron chi connectivity index (χ1n) is 11.7. The molecule has 190 valence electrons. The third-order valence-electron chi connectivity index (χ3n) is 5.56. The molecule has 4 aromatic carbocycles. The molecule has 1 amide bonds. The number of carbonyl (C=O) groups is 1. The summed E-state index contributed by atoms with van der Waals surface area (Å²) in [5, 5.41) is 4.88. The van der Waals surface area contributed by atoms with E-state index < -0.39 is 15.3 Å². The number of rotatable bonds is 9. The molecule has 1 aromatic heterocycles. The van der Waals surface area contributed by atoms with Crippen molar-refractivity contribution in [3.63, 3.8) is 0 Å². The molecule has 5 rings (SSSR count). The zero-order chi connectivity index (χ0) is 26.4. The Morgan fingerprint density at radius 1 is 0.789 bits per heavy atom. The number of carbonyl (C=O) groups excluding carboxylic acids is 1. The summed E-state index contributed by atoms with van der Waals surface area (Å²) in [6.07, 6.45) is 0. The Morgan fingerprint density at radius 2 is 1.39 bits per heavy atom. The van der Waals surface area contributed by atoms with E-state index in [1.165, 1.54) is 23.1 Å². The number of hydrogen-bond donors (Lipinski definition) is 2. The van der Waals surface area contributed by atoms with Gasteiger partial charge in [0.1, 0.15) is 5.25 Å². The Morgan fingerprint density at radius 3 is 2.05 bits per heavy atom. The van der Waals surface area contributed by atoms with Crippen molar-refractivity contribution < 1.29 is 13.2 Å². The highest BCUT2D eigenvalue weighted by Gasteiger charge is 2.23. The first kappa shape index (κ1) is 25.7. The van der Waals surface area contributed by atoms with Gasteiger partial charge in [-0.25, -0.2) is 13.4 Å². The van der Waals surface area contributed by atoms with Crippen LogP contribution in [0.2, 0.25) is 0 Å². The van der Waals surface area contributed by atoms with Crippen LogP contribution in [0.25, 0.3) is 11.3 Å². The molecule has 5 aromatic rings. The molecule has 1 atom stereocenters. The largest absolute Gasteiger partial charge is 0.301 e. The first-order chi connectivity index (χ1) is 18.5. The summed E-state index contributed by atoms with van der Waals surface area (Å²) < 4.78 is 27.9. The average Bonchev–Trinajstić information content (AvgIpc) is 3.42. The number of anilines is 2. The van der Waals surface area contributed by atoms with Gasteiger partial charge in [-0.15, -0.1) is 23.1 Å². The van der Waals surface area contributed by atoms with Gasteiger partial charge in [0, 0.05) is 21.5 Å². The molecule has 0 aliphatic heterocycles. The maximum absolute atomic E-state index is 13.4. The number of thiazole rings is 1. The maximum atomic E-state index is 13.4.